The number of benzene rings is 7. The molecule has 8 aliphatic heterocycles. The van der Waals surface area contributed by atoms with E-state index in [1.54, 1.807) is 115 Å². The third-order valence-corrected chi connectivity index (χ3v) is 24.2. The quantitative estimate of drug-likeness (QED) is 0.00563. The number of ether oxygens (including phenoxy) is 1. The van der Waals surface area contributed by atoms with E-state index in [4.69, 9.17) is 89.1 Å². The van der Waals surface area contributed by atoms with E-state index in [2.05, 4.69) is 46.5 Å². The zero-order valence-electron chi connectivity index (χ0n) is 74.1. The van der Waals surface area contributed by atoms with Crippen LogP contribution in [-0.4, -0.2) is 247 Å². The monoisotopic (exact) mass is 2030 g/mol. The molecule has 0 spiro atoms. The lowest BCUT2D eigenvalue weighted by Gasteiger charge is -2.25. The largest absolute Gasteiger partial charge is 0.480 e. The fourth-order valence-corrected chi connectivity index (χ4v) is 17.4. The Kier molecular flexibility index (Phi) is 41.4. The van der Waals surface area contributed by atoms with Crippen LogP contribution in [0.3, 0.4) is 0 Å². The van der Waals surface area contributed by atoms with E-state index < -0.39 is 113 Å². The smallest absolute Gasteiger partial charge is 0.377 e. The number of nitrogens with two attached hydrogens (primary N) is 2. The summed E-state index contributed by atoms with van der Waals surface area (Å²) in [4.78, 5) is 123. The number of aliphatic imine (C=N–C) groups is 4. The number of nitrogens with one attached hydrogen (secondary N) is 2. The molecule has 13 N–H and O–H groups in total. The van der Waals surface area contributed by atoms with Gasteiger partial charge in [0.1, 0.15) is 54.9 Å². The summed E-state index contributed by atoms with van der Waals surface area (Å²) in [6.07, 6.45) is 8.44. The Morgan fingerprint density at radius 1 is 0.544 bits per heavy atom. The number of aromatic nitrogens is 2. The van der Waals surface area contributed by atoms with Gasteiger partial charge in [0.25, 0.3) is 0 Å². The minimum Gasteiger partial charge on any atom is -0.480 e. The molecule has 0 saturated carbocycles. The Morgan fingerprint density at radius 3 is 1.41 bits per heavy atom. The van der Waals surface area contributed by atoms with Crippen molar-refractivity contribution < 1.29 is 90.0 Å². The molecule has 136 heavy (non-hydrogen) atoms. The second kappa shape index (κ2) is 51.9. The zero-order chi connectivity index (χ0) is 98.0. The molecule has 8 aliphatic rings. The Labute approximate surface area is 815 Å². The molecule has 0 bridgehead atoms. The van der Waals surface area contributed by atoms with Gasteiger partial charge in [0.15, 0.2) is 18.2 Å². The van der Waals surface area contributed by atoms with Gasteiger partial charge in [-0.1, -0.05) is 171 Å². The molecular weight excluding hydrogens is 1940 g/mol. The molecule has 7 aromatic carbocycles. The average Bonchev–Trinajstić information content (AvgIpc) is 1.63. The van der Waals surface area contributed by atoms with Crippen molar-refractivity contribution in [3.63, 3.8) is 0 Å². The fraction of sp³-hybridized carbons (Fsp3) is 0.312. The molecule has 716 valence electrons. The number of fused-ring (bicyclic) bond motifs is 2. The number of aliphatic carboxylic acids is 1. The van der Waals surface area contributed by atoms with Crippen molar-refractivity contribution in [2.75, 3.05) is 50.0 Å². The number of para-hydroxylation sites is 2. The van der Waals surface area contributed by atoms with Gasteiger partial charge in [-0.15, -0.1) is 0 Å². The van der Waals surface area contributed by atoms with E-state index in [0.717, 1.165) is 68.3 Å². The number of rotatable bonds is 18. The molecule has 0 radical (unpaired) electrons. The van der Waals surface area contributed by atoms with Gasteiger partial charge in [-0.3, -0.25) is 43.3 Å². The highest BCUT2D eigenvalue weighted by molar-refractivity contribution is 9.09. The molecule has 9 aromatic rings. The Bertz CT molecular complexity index is 6000. The summed E-state index contributed by atoms with van der Waals surface area (Å²) in [5.74, 6) is -2.13. The SMILES string of the molecule is CB(O)N1C[C@H](F)C[C@H]1C(=O)O.CB(O)N1C[C@H](F)C[C@H]1C(=O)OCC(=O)c1cccc(Cl)c1.CB(O)N1C[C@H](F)C[C@H]1C1=NC=C(c2cccc(Cl)c2)C1.CC=O.F[C@H]1CN[C@H](C2=NC=C(c3cccc(Cl)c3)C2)C1.N.NC(=O)n1cc(N=C=O)c2ccccc21.NC(=O)n1cc(NC(=O)N2C[C@H](F)C[C@H]2C2=NC=C(c3cccc(Cl)c3)C2)c2ccccc21.O=C(CBr)c1cccc(Cl)c1. The molecule has 0 aliphatic carbocycles. The number of allylic oxidation sites excluding steroid dienone is 3. The van der Waals surface area contributed by atoms with E-state index >= 15 is 0 Å². The minimum absolute atomic E-state index is 0. The van der Waals surface area contributed by atoms with Crippen molar-refractivity contribution in [2.24, 2.45) is 31.4 Å². The van der Waals surface area contributed by atoms with Gasteiger partial charge in [-0.2, -0.15) is 4.99 Å². The molecule has 29 nitrogen and oxygen atoms in total. The van der Waals surface area contributed by atoms with Crippen LogP contribution >= 0.6 is 73.9 Å². The van der Waals surface area contributed by atoms with Crippen molar-refractivity contribution in [1.29, 1.82) is 0 Å². The van der Waals surface area contributed by atoms with E-state index in [1.165, 1.54) is 68.8 Å². The number of carbonyl (C=O) groups excluding carboxylic acids is 8. The van der Waals surface area contributed by atoms with Crippen molar-refractivity contribution >= 4 is 216 Å². The van der Waals surface area contributed by atoms with E-state index in [1.807, 2.05) is 79.1 Å². The van der Waals surface area contributed by atoms with Crippen LogP contribution in [0.1, 0.15) is 95.7 Å². The molecule has 2 aromatic heterocycles. The normalized spacial score (nSPS) is 20.6. The van der Waals surface area contributed by atoms with Crippen molar-refractivity contribution in [3.05, 3.63) is 254 Å². The van der Waals surface area contributed by atoms with Gasteiger partial charge in [-0.05, 0) is 140 Å². The number of Topliss-reactive ketones (excluding diaryl/α,β-unsaturated/α-hetero) is 2. The van der Waals surface area contributed by atoms with Gasteiger partial charge in [-0.25, -0.2) is 41.1 Å². The first kappa shape index (κ1) is 109. The number of hydrogen-bond acceptors (Lipinski definition) is 22. The van der Waals surface area contributed by atoms with Crippen molar-refractivity contribution in [3.8, 4) is 0 Å². The predicted octanol–water partition coefficient (Wildman–Crippen LogP) is 17.3. The average molecular weight is 2040 g/mol. The Balaban J connectivity index is 0.000000182. The summed E-state index contributed by atoms with van der Waals surface area (Å²) in [5, 5.41) is 47.8. The highest BCUT2D eigenvalue weighted by atomic mass is 79.9. The molecule has 10 atom stereocenters. The van der Waals surface area contributed by atoms with Crippen LogP contribution in [0.4, 0.5) is 47.7 Å². The zero-order valence-corrected chi connectivity index (χ0v) is 79.5. The topological polar surface area (TPSA) is 427 Å². The third kappa shape index (κ3) is 29.9. The minimum atomic E-state index is -1.20. The summed E-state index contributed by atoms with van der Waals surface area (Å²) in [7, 11) is -2.51. The van der Waals surface area contributed by atoms with E-state index in [0.29, 0.717) is 102 Å². The first-order valence-electron chi connectivity index (χ1n) is 42.6. The maximum Gasteiger partial charge on any atom is 0.377 e. The molecule has 10 heterocycles. The lowest BCUT2D eigenvalue weighted by atomic mass is 9.83. The number of urea groups is 1. The number of ketones is 2. The maximum atomic E-state index is 14.4. The first-order valence-corrected chi connectivity index (χ1v) is 45.7. The Morgan fingerprint density at radius 2 is 0.956 bits per heavy atom. The molecule has 0 unspecified atom stereocenters. The number of nitrogens with zero attached hydrogens (tertiary/aromatic N) is 10. The van der Waals surface area contributed by atoms with Crippen LogP contribution in [0.25, 0.3) is 38.5 Å². The number of esters is 1. The number of amides is 4. The molecule has 4 amide bonds. The lowest BCUT2D eigenvalue weighted by Crippen LogP contribution is -2.45. The number of likely N-dealkylation sites (tertiary alicyclic amines) is 1. The van der Waals surface area contributed by atoms with Gasteiger partial charge < -0.3 is 77.3 Å². The number of carbonyl (C=O) groups is 8. The van der Waals surface area contributed by atoms with Gasteiger partial charge >= 0.3 is 51.2 Å². The highest BCUT2D eigenvalue weighted by Gasteiger charge is 2.45. The van der Waals surface area contributed by atoms with Crippen molar-refractivity contribution in [2.45, 2.75) is 140 Å². The van der Waals surface area contributed by atoms with E-state index in [9.17, 15) is 70.4 Å². The molecule has 5 fully saturated rings. The summed E-state index contributed by atoms with van der Waals surface area (Å²) in [6.45, 7) is 6.23. The predicted molar refractivity (Wildman–Crippen MR) is 529 cm³/mol. The van der Waals surface area contributed by atoms with Crippen LogP contribution in [0, 0.1) is 0 Å². The number of hydrogen-bond donors (Lipinski definition) is 9. The number of carboxylic acid groups (broad SMARTS) is 1. The third-order valence-electron chi connectivity index (χ3n) is 22.5. The number of halogens is 11. The van der Waals surface area contributed by atoms with Crippen LogP contribution in [0.2, 0.25) is 45.6 Å². The summed E-state index contributed by atoms with van der Waals surface area (Å²) >= 11 is 32.6. The summed E-state index contributed by atoms with van der Waals surface area (Å²) < 4.78 is 74.9. The summed E-state index contributed by atoms with van der Waals surface area (Å²) in [5.41, 5.74) is 22.6. The molecule has 17 rings (SSSR count). The van der Waals surface area contributed by atoms with Crippen LogP contribution in [0.5, 0.6) is 0 Å². The number of carboxylic acids is 1. The maximum absolute atomic E-state index is 14.4. The fourth-order valence-electron chi connectivity index (χ4n) is 16.1. The van der Waals surface area contributed by atoms with Gasteiger partial charge in [0, 0.05) is 178 Å². The number of alkyl halides is 6. The molecular formula is C93H99B3BrCl5F5N15O14. The summed E-state index contributed by atoms with van der Waals surface area (Å²) in [6, 6.07) is 46.3. The number of primary amides is 2. The second-order valence-corrected chi connectivity index (χ2v) is 34.8. The number of anilines is 1. The van der Waals surface area contributed by atoms with Crippen LogP contribution in [-0.2, 0) is 23.9 Å². The lowest BCUT2D eigenvalue weighted by molar-refractivity contribution is -0.146. The first-order chi connectivity index (χ1) is 64.5. The number of aldehydes is 1. The highest BCUT2D eigenvalue weighted by Crippen LogP contribution is 2.37. The van der Waals surface area contributed by atoms with Crippen LogP contribution in [0.15, 0.2) is 221 Å². The standard InChI is InChI=1S/C24H21ClFN5O2.C15H17BClFN2O.C14H16BClFNO4.C14H14ClFN2.C10H7N3O2.C8H6BrClO.C6H11BFNO3.C2H4O.H3N/c25-16-5-3-4-14(8-16)15-9-19(28-11-15)22-10-17(26)12-31(22)24(33)29-20-13-30(23(27)32)21-7-2-1-6-18(20)21;1-16(21)20-9-13(18)7-15(20)14-6-11(8-19-14)10-3-2-4-12(17)5-10;1-15(21)18-7-11(17)6-12(18)14(20)22-8-13(19)9-3-2-4-10(16)5-9;15-11-3-1-2-9(4-11)10-5-13(17-7-10)14-6-12(16)8-18-14;11-10(15)13-5-8(12-6-14)7-3-1-2-4-9(7)13;9-5-8(11)6-2-1-3-7(10)4-6;1-7(12)9-3-4(8)2-5(9)6(10)11;1-2-3;/h1-8,11,13,17,22H,9-10,12H2,(H2,27,32)(H,29,33);2-5,8,13,15,21H,6-7,9H2,1H3;2-5,11-12,21H,6-8H2,1H3;1-4,7,12,14,18H,5-6,8H2;1-5H,(H2,11,15);1-4H,5H2;4-5,12H,2-3H2,1H3,(H,10,11);2H,1H3;1H3/t17-,22+;13-,15+;11-,12+;12-,14+;;;4-,5+;;/m1111..1../s1. The van der Waals surface area contributed by atoms with Crippen molar-refractivity contribution in [1.82, 2.24) is 39.9 Å². The number of isocyanates is 1. The van der Waals surface area contributed by atoms with Gasteiger partial charge in [0.2, 0.25) is 6.08 Å². The van der Waals surface area contributed by atoms with Crippen LogP contribution < -0.4 is 28.3 Å². The molecule has 43 heteroatoms. The van der Waals surface area contributed by atoms with Gasteiger partial charge in [0.05, 0.1) is 34.6 Å². The Hall–Kier alpha value is -11.2. The van der Waals surface area contributed by atoms with E-state index in [-0.39, 0.29) is 69.5 Å². The molecule has 5 saturated heterocycles. The second-order valence-electron chi connectivity index (χ2n) is 32.0.